The standard InChI is InChI=1S/C14H26N2O3S.ClH/c1-11-6-8-15-10-13(11)16-14(17)7-9-20(18,19)12-4-2-3-5-12;/h11-13,15H,2-10H2,1H3,(H,16,17);1H. The molecule has 2 unspecified atom stereocenters. The van der Waals surface area contributed by atoms with Gasteiger partial charge in [0.05, 0.1) is 11.0 Å². The van der Waals surface area contributed by atoms with E-state index in [9.17, 15) is 13.2 Å². The van der Waals surface area contributed by atoms with Crippen LogP contribution < -0.4 is 10.6 Å². The third-order valence-corrected chi connectivity index (χ3v) is 6.86. The topological polar surface area (TPSA) is 75.3 Å². The number of rotatable bonds is 5. The normalized spacial score (nSPS) is 27.1. The average Bonchev–Trinajstić information content (AvgIpc) is 2.94. The van der Waals surface area contributed by atoms with E-state index in [2.05, 4.69) is 17.6 Å². The molecule has 1 heterocycles. The van der Waals surface area contributed by atoms with Crippen molar-refractivity contribution in [3.8, 4) is 0 Å². The van der Waals surface area contributed by atoms with Gasteiger partial charge in [-0.3, -0.25) is 4.79 Å². The van der Waals surface area contributed by atoms with Crippen molar-refractivity contribution < 1.29 is 13.2 Å². The van der Waals surface area contributed by atoms with Crippen LogP contribution >= 0.6 is 12.4 Å². The molecule has 0 spiro atoms. The molecule has 2 aliphatic rings. The predicted octanol–water partition coefficient (Wildman–Crippen LogP) is 1.27. The molecular formula is C14H27ClN2O3S. The number of amides is 1. The Morgan fingerprint density at radius 1 is 1.24 bits per heavy atom. The van der Waals surface area contributed by atoms with Gasteiger partial charge in [-0.05, 0) is 31.7 Å². The number of sulfone groups is 1. The zero-order chi connectivity index (χ0) is 14.6. The molecule has 2 fully saturated rings. The van der Waals surface area contributed by atoms with Gasteiger partial charge in [-0.1, -0.05) is 19.8 Å². The zero-order valence-electron chi connectivity index (χ0n) is 12.6. The molecule has 0 bridgehead atoms. The number of carbonyl (C=O) groups is 1. The molecule has 124 valence electrons. The second kappa shape index (κ2) is 8.34. The van der Waals surface area contributed by atoms with Crippen LogP contribution in [-0.2, 0) is 14.6 Å². The van der Waals surface area contributed by atoms with Crippen LogP contribution in [0.2, 0.25) is 0 Å². The van der Waals surface area contributed by atoms with Crippen LogP contribution in [0.4, 0.5) is 0 Å². The Bertz CT molecular complexity index is 436. The van der Waals surface area contributed by atoms with Gasteiger partial charge in [-0.25, -0.2) is 8.42 Å². The molecule has 1 amide bonds. The highest BCUT2D eigenvalue weighted by molar-refractivity contribution is 7.92. The molecule has 2 atom stereocenters. The third kappa shape index (κ3) is 5.42. The van der Waals surface area contributed by atoms with E-state index in [1.54, 1.807) is 0 Å². The summed E-state index contributed by atoms with van der Waals surface area (Å²) in [6.07, 6.45) is 4.69. The van der Waals surface area contributed by atoms with E-state index in [1.165, 1.54) is 0 Å². The van der Waals surface area contributed by atoms with E-state index >= 15 is 0 Å². The quantitative estimate of drug-likeness (QED) is 0.791. The summed E-state index contributed by atoms with van der Waals surface area (Å²) in [7, 11) is -3.09. The summed E-state index contributed by atoms with van der Waals surface area (Å²) in [6.45, 7) is 3.90. The molecule has 2 rings (SSSR count). The first-order valence-electron chi connectivity index (χ1n) is 7.70. The first kappa shape index (κ1) is 18.7. The molecule has 21 heavy (non-hydrogen) atoms. The number of hydrogen-bond donors (Lipinski definition) is 2. The van der Waals surface area contributed by atoms with Crippen molar-refractivity contribution in [1.82, 2.24) is 10.6 Å². The van der Waals surface area contributed by atoms with Gasteiger partial charge in [0, 0.05) is 19.0 Å². The molecule has 0 aromatic heterocycles. The number of hydrogen-bond acceptors (Lipinski definition) is 4. The van der Waals surface area contributed by atoms with E-state index in [0.717, 1.165) is 45.2 Å². The average molecular weight is 339 g/mol. The lowest BCUT2D eigenvalue weighted by molar-refractivity contribution is -0.121. The third-order valence-electron chi connectivity index (χ3n) is 4.60. The second-order valence-corrected chi connectivity index (χ2v) is 8.57. The van der Waals surface area contributed by atoms with Crippen LogP contribution in [0.5, 0.6) is 0 Å². The molecule has 0 aromatic rings. The molecule has 0 radical (unpaired) electrons. The molecule has 1 saturated carbocycles. The summed E-state index contributed by atoms with van der Waals surface area (Å²) in [5.74, 6) is 0.316. The Balaban J connectivity index is 0.00000220. The smallest absolute Gasteiger partial charge is 0.221 e. The van der Waals surface area contributed by atoms with Gasteiger partial charge in [0.2, 0.25) is 5.91 Å². The van der Waals surface area contributed by atoms with Gasteiger partial charge in [0.25, 0.3) is 0 Å². The van der Waals surface area contributed by atoms with E-state index in [4.69, 9.17) is 0 Å². The Morgan fingerprint density at radius 3 is 2.52 bits per heavy atom. The molecule has 1 aliphatic heterocycles. The van der Waals surface area contributed by atoms with E-state index in [-0.39, 0.29) is 41.8 Å². The number of halogens is 1. The lowest BCUT2D eigenvalue weighted by Gasteiger charge is -2.30. The van der Waals surface area contributed by atoms with Crippen molar-refractivity contribution in [3.63, 3.8) is 0 Å². The summed E-state index contributed by atoms with van der Waals surface area (Å²) in [4.78, 5) is 11.9. The van der Waals surface area contributed by atoms with Gasteiger partial charge in [-0.15, -0.1) is 12.4 Å². The van der Waals surface area contributed by atoms with Crippen LogP contribution in [0, 0.1) is 5.92 Å². The van der Waals surface area contributed by atoms with Crippen LogP contribution in [0.1, 0.15) is 45.4 Å². The molecule has 5 nitrogen and oxygen atoms in total. The molecule has 1 saturated heterocycles. The Kier molecular flexibility index (Phi) is 7.44. The first-order chi connectivity index (χ1) is 9.49. The van der Waals surface area contributed by atoms with Crippen molar-refractivity contribution in [3.05, 3.63) is 0 Å². The maximum atomic E-state index is 12.1. The van der Waals surface area contributed by atoms with Gasteiger partial charge in [-0.2, -0.15) is 0 Å². The van der Waals surface area contributed by atoms with Crippen LogP contribution in [0.15, 0.2) is 0 Å². The highest BCUT2D eigenvalue weighted by Gasteiger charge is 2.29. The van der Waals surface area contributed by atoms with Crippen molar-refractivity contribution in [2.75, 3.05) is 18.8 Å². The Morgan fingerprint density at radius 2 is 1.90 bits per heavy atom. The van der Waals surface area contributed by atoms with Crippen LogP contribution in [0.3, 0.4) is 0 Å². The number of nitrogens with one attached hydrogen (secondary N) is 2. The number of piperidine rings is 1. The Hall–Kier alpha value is -0.330. The fourth-order valence-corrected chi connectivity index (χ4v) is 4.97. The largest absolute Gasteiger partial charge is 0.352 e. The predicted molar refractivity (Wildman–Crippen MR) is 86.5 cm³/mol. The lowest BCUT2D eigenvalue weighted by Crippen LogP contribution is -2.50. The minimum atomic E-state index is -3.09. The Labute approximate surface area is 134 Å². The molecule has 0 aromatic carbocycles. The summed E-state index contributed by atoms with van der Waals surface area (Å²) in [5.41, 5.74) is 0. The zero-order valence-corrected chi connectivity index (χ0v) is 14.3. The van der Waals surface area contributed by atoms with Crippen molar-refractivity contribution in [1.29, 1.82) is 0 Å². The van der Waals surface area contributed by atoms with Crippen molar-refractivity contribution >= 4 is 28.2 Å². The highest BCUT2D eigenvalue weighted by Crippen LogP contribution is 2.25. The monoisotopic (exact) mass is 338 g/mol. The summed E-state index contributed by atoms with van der Waals surface area (Å²) >= 11 is 0. The van der Waals surface area contributed by atoms with E-state index in [0.29, 0.717) is 5.92 Å². The molecular weight excluding hydrogens is 312 g/mol. The van der Waals surface area contributed by atoms with Crippen molar-refractivity contribution in [2.45, 2.75) is 56.7 Å². The first-order valence-corrected chi connectivity index (χ1v) is 9.42. The molecule has 2 N–H and O–H groups in total. The fraction of sp³-hybridized carbons (Fsp3) is 0.929. The minimum absolute atomic E-state index is 0. The van der Waals surface area contributed by atoms with E-state index < -0.39 is 9.84 Å². The summed E-state index contributed by atoms with van der Waals surface area (Å²) in [6, 6.07) is 0.130. The van der Waals surface area contributed by atoms with Crippen LogP contribution in [-0.4, -0.2) is 44.5 Å². The highest BCUT2D eigenvalue weighted by atomic mass is 35.5. The molecule has 1 aliphatic carbocycles. The van der Waals surface area contributed by atoms with Gasteiger partial charge >= 0.3 is 0 Å². The summed E-state index contributed by atoms with van der Waals surface area (Å²) in [5, 5.41) is 6.02. The SMILES string of the molecule is CC1CCNCC1NC(=O)CCS(=O)(=O)C1CCCC1.Cl. The van der Waals surface area contributed by atoms with Crippen molar-refractivity contribution in [2.24, 2.45) is 5.92 Å². The summed E-state index contributed by atoms with van der Waals surface area (Å²) < 4.78 is 24.2. The van der Waals surface area contributed by atoms with Gasteiger partial charge < -0.3 is 10.6 Å². The van der Waals surface area contributed by atoms with Gasteiger partial charge in [0.15, 0.2) is 9.84 Å². The molecule has 7 heteroatoms. The van der Waals surface area contributed by atoms with Gasteiger partial charge in [0.1, 0.15) is 0 Å². The fourth-order valence-electron chi connectivity index (χ4n) is 3.11. The van der Waals surface area contributed by atoms with E-state index in [1.807, 2.05) is 0 Å². The van der Waals surface area contributed by atoms with Crippen LogP contribution in [0.25, 0.3) is 0 Å². The minimum Gasteiger partial charge on any atom is -0.352 e. The number of carbonyl (C=O) groups excluding carboxylic acids is 1. The second-order valence-electron chi connectivity index (χ2n) is 6.17. The maximum Gasteiger partial charge on any atom is 0.221 e. The maximum absolute atomic E-state index is 12.1. The lowest BCUT2D eigenvalue weighted by atomic mass is 9.95.